The van der Waals surface area contributed by atoms with Gasteiger partial charge in [0.15, 0.2) is 17.9 Å². The lowest BCUT2D eigenvalue weighted by molar-refractivity contribution is -0.274. The van der Waals surface area contributed by atoms with Gasteiger partial charge in [0.25, 0.3) is 0 Å². The maximum absolute atomic E-state index is 13.4. The van der Waals surface area contributed by atoms with Crippen LogP contribution in [-0.2, 0) is 0 Å². The van der Waals surface area contributed by atoms with Crippen LogP contribution in [-0.4, -0.2) is 49.0 Å². The number of aliphatic hydroxyl groups is 1. The number of aryl methyl sites for hydroxylation is 1. The van der Waals surface area contributed by atoms with Crippen molar-refractivity contribution in [3.8, 4) is 5.75 Å². The van der Waals surface area contributed by atoms with Crippen LogP contribution >= 0.6 is 0 Å². The minimum Gasteiger partial charge on any atom is -0.530 e. The van der Waals surface area contributed by atoms with Crippen LogP contribution in [0.1, 0.15) is 42.4 Å². The number of carboxylic acid groups (broad SMARTS) is 1. The number of anilines is 2. The lowest BCUT2D eigenvalue weighted by Crippen LogP contribution is -2.52. The normalized spacial score (nSPS) is 16.6. The van der Waals surface area contributed by atoms with Gasteiger partial charge < -0.3 is 30.0 Å². The lowest BCUT2D eigenvalue weighted by Gasteiger charge is -2.37. The van der Waals surface area contributed by atoms with Gasteiger partial charge in [0, 0.05) is 36.2 Å². The fraction of sp³-hybridized carbons (Fsp3) is 0.280. The molecule has 1 fully saturated rings. The molecule has 1 aliphatic heterocycles. The molecule has 1 saturated heterocycles. The minimum atomic E-state index is -1.27. The Balaban J connectivity index is 1.53. The van der Waals surface area contributed by atoms with Gasteiger partial charge in [0.2, 0.25) is 0 Å². The number of rotatable bonds is 6. The zero-order chi connectivity index (χ0) is 25.2. The third-order valence-corrected chi connectivity index (χ3v) is 6.02. The first-order valence-corrected chi connectivity index (χ1v) is 11.6. The number of amides is 1. The van der Waals surface area contributed by atoms with Crippen LogP contribution < -0.4 is 15.2 Å². The van der Waals surface area contributed by atoms with Crippen molar-refractivity contribution >= 4 is 28.6 Å². The summed E-state index contributed by atoms with van der Waals surface area (Å²) < 4.78 is 19.4. The van der Waals surface area contributed by atoms with E-state index in [4.69, 9.17) is 4.74 Å². The van der Waals surface area contributed by atoms with Crippen LogP contribution in [0.25, 0.3) is 10.9 Å². The van der Waals surface area contributed by atoms with Gasteiger partial charge in [-0.1, -0.05) is 12.1 Å². The molecule has 2 atom stereocenters. The Morgan fingerprint density at radius 1 is 1.22 bits per heavy atom. The van der Waals surface area contributed by atoms with Gasteiger partial charge >= 0.3 is 0 Å². The predicted octanol–water partition coefficient (Wildman–Crippen LogP) is 3.16. The summed E-state index contributed by atoms with van der Waals surface area (Å²) in [7, 11) is 0. The topological polar surface area (TPSA) is 139 Å². The number of aliphatic hydroxyl groups excluding tert-OH is 1. The Labute approximate surface area is 205 Å². The van der Waals surface area contributed by atoms with Crippen molar-refractivity contribution in [2.75, 3.05) is 11.9 Å². The molecule has 3 heterocycles. The Hall–Kier alpha value is -4.25. The Morgan fingerprint density at radius 3 is 2.75 bits per heavy atom. The number of H-pyrrole nitrogens is 1. The van der Waals surface area contributed by atoms with Gasteiger partial charge in [-0.2, -0.15) is 5.10 Å². The summed E-state index contributed by atoms with van der Waals surface area (Å²) >= 11 is 0. The van der Waals surface area contributed by atoms with E-state index in [2.05, 4.69) is 25.5 Å². The molecule has 186 valence electrons. The maximum atomic E-state index is 13.4. The van der Waals surface area contributed by atoms with Crippen molar-refractivity contribution < 1.29 is 24.1 Å². The van der Waals surface area contributed by atoms with Crippen molar-refractivity contribution in [3.63, 3.8) is 0 Å². The number of aromatic amines is 1. The first-order chi connectivity index (χ1) is 17.4. The summed E-state index contributed by atoms with van der Waals surface area (Å²) in [6.45, 7) is 2.22. The van der Waals surface area contributed by atoms with E-state index in [-0.39, 0.29) is 5.82 Å². The first-order valence-electron chi connectivity index (χ1n) is 11.6. The average molecular weight is 492 g/mol. The number of benzene rings is 2. The molecule has 3 N–H and O–H groups in total. The van der Waals surface area contributed by atoms with E-state index >= 15 is 0 Å². The molecule has 0 saturated carbocycles. The van der Waals surface area contributed by atoms with Crippen molar-refractivity contribution in [2.24, 2.45) is 0 Å². The van der Waals surface area contributed by atoms with Gasteiger partial charge in [0.05, 0.1) is 5.52 Å². The molecule has 0 spiro atoms. The van der Waals surface area contributed by atoms with Gasteiger partial charge in [-0.25, -0.2) is 14.4 Å². The molecule has 5 rings (SSSR count). The largest absolute Gasteiger partial charge is 0.530 e. The molecule has 36 heavy (non-hydrogen) atoms. The Morgan fingerprint density at radius 2 is 2.03 bits per heavy atom. The zero-order valence-electron chi connectivity index (χ0n) is 19.4. The Kier molecular flexibility index (Phi) is 6.38. The van der Waals surface area contributed by atoms with E-state index in [0.29, 0.717) is 46.8 Å². The molecule has 11 heteroatoms. The number of hydrogen-bond donors (Lipinski definition) is 3. The second-order valence-electron chi connectivity index (χ2n) is 8.65. The van der Waals surface area contributed by atoms with Gasteiger partial charge in [-0.05, 0) is 49.6 Å². The lowest BCUT2D eigenvalue weighted by atomic mass is 10.1. The van der Waals surface area contributed by atoms with Crippen LogP contribution in [0.2, 0.25) is 0 Å². The molecule has 0 bridgehead atoms. The molecular formula is C25H24FN6O4-. The molecule has 1 amide bonds. The quantitative estimate of drug-likeness (QED) is 0.374. The molecule has 4 aromatic rings. The Bertz CT molecular complexity index is 1390. The smallest absolute Gasteiger partial charge is 0.173 e. The minimum absolute atomic E-state index is 0.0926. The zero-order valence-corrected chi connectivity index (χ0v) is 19.4. The van der Waals surface area contributed by atoms with Crippen molar-refractivity contribution in [2.45, 2.75) is 38.5 Å². The molecule has 2 aromatic carbocycles. The first kappa shape index (κ1) is 23.5. The van der Waals surface area contributed by atoms with Crippen molar-refractivity contribution in [1.29, 1.82) is 0 Å². The number of ether oxygens (including phenoxy) is 1. The van der Waals surface area contributed by atoms with Crippen molar-refractivity contribution in [1.82, 2.24) is 25.1 Å². The highest BCUT2D eigenvalue weighted by atomic mass is 19.1. The second kappa shape index (κ2) is 9.78. The van der Waals surface area contributed by atoms with Crippen LogP contribution in [0.5, 0.6) is 5.75 Å². The third-order valence-electron chi connectivity index (χ3n) is 6.02. The van der Waals surface area contributed by atoms with E-state index in [0.717, 1.165) is 18.5 Å². The van der Waals surface area contributed by atoms with E-state index in [1.165, 1.54) is 29.2 Å². The van der Waals surface area contributed by atoms with E-state index in [1.807, 2.05) is 6.92 Å². The molecule has 2 unspecified atom stereocenters. The van der Waals surface area contributed by atoms with Crippen molar-refractivity contribution in [3.05, 3.63) is 71.4 Å². The number of carbonyl (C=O) groups is 1. The second-order valence-corrected chi connectivity index (χ2v) is 8.65. The predicted molar refractivity (Wildman–Crippen MR) is 127 cm³/mol. The molecular weight excluding hydrogens is 467 g/mol. The summed E-state index contributed by atoms with van der Waals surface area (Å²) in [6, 6.07) is 12.4. The summed E-state index contributed by atoms with van der Waals surface area (Å²) in [5, 5.41) is 33.3. The van der Waals surface area contributed by atoms with Crippen LogP contribution in [0, 0.1) is 12.7 Å². The number of carbonyl (C=O) groups excluding carboxylic acids is 1. The number of fused-ring (bicyclic) bond motifs is 1. The van der Waals surface area contributed by atoms with Crippen LogP contribution in [0.15, 0.2) is 48.5 Å². The maximum Gasteiger partial charge on any atom is 0.173 e. The van der Waals surface area contributed by atoms with E-state index in [9.17, 15) is 19.4 Å². The summed E-state index contributed by atoms with van der Waals surface area (Å²) in [4.78, 5) is 21.8. The molecule has 0 aliphatic carbocycles. The SMILES string of the molecule is Cc1cc(Nc2nc(C(O)c3ccc(F)cc3)nc3cc(OC4CCCCN4C(=O)[O-])ccc23)n[nH]1. The fourth-order valence-corrected chi connectivity index (χ4v) is 4.21. The number of piperidine rings is 1. The number of nitrogens with zero attached hydrogens (tertiary/aromatic N) is 4. The van der Waals surface area contributed by atoms with Crippen LogP contribution in [0.4, 0.5) is 20.8 Å². The molecule has 0 radical (unpaired) electrons. The third kappa shape index (κ3) is 4.91. The fourth-order valence-electron chi connectivity index (χ4n) is 4.21. The highest BCUT2D eigenvalue weighted by molar-refractivity contribution is 5.91. The number of aromatic nitrogens is 4. The van der Waals surface area contributed by atoms with Crippen LogP contribution in [0.3, 0.4) is 0 Å². The van der Waals surface area contributed by atoms with Gasteiger partial charge in [0.1, 0.15) is 29.6 Å². The highest BCUT2D eigenvalue weighted by Gasteiger charge is 2.24. The summed E-state index contributed by atoms with van der Waals surface area (Å²) in [6.07, 6.45) is -0.992. The summed E-state index contributed by atoms with van der Waals surface area (Å²) in [5.41, 5.74) is 1.74. The monoisotopic (exact) mass is 491 g/mol. The van der Waals surface area contributed by atoms with Gasteiger partial charge in [-0.15, -0.1) is 0 Å². The average Bonchev–Trinajstić information content (AvgIpc) is 3.28. The number of likely N-dealkylation sites (tertiary alicyclic amines) is 1. The molecule has 1 aliphatic rings. The molecule has 10 nitrogen and oxygen atoms in total. The van der Waals surface area contributed by atoms with E-state index in [1.54, 1.807) is 24.3 Å². The summed E-state index contributed by atoms with van der Waals surface area (Å²) in [5.74, 6) is 1.03. The van der Waals surface area contributed by atoms with E-state index < -0.39 is 24.2 Å². The number of nitrogens with one attached hydrogen (secondary N) is 2. The number of halogens is 1. The van der Waals surface area contributed by atoms with Gasteiger partial charge in [-0.3, -0.25) is 5.10 Å². The standard InChI is InChI=1S/C25H25FN6O4/c1-14-12-20(31-30-14)28-23-18-10-9-17(36-21-4-2-3-11-32(21)25(34)35)13-19(18)27-24(29-23)22(33)15-5-7-16(26)8-6-15/h5-10,12-13,21-22,33H,2-4,11H2,1H3,(H,34,35)(H2,27,28,29,30,31)/p-1. The number of hydrogen-bond acceptors (Lipinski definition) is 8. The highest BCUT2D eigenvalue weighted by Crippen LogP contribution is 2.31. The molecule has 2 aromatic heterocycles.